The number of rotatable bonds is 4. The van der Waals surface area contributed by atoms with Gasteiger partial charge in [0.2, 0.25) is 0 Å². The molecular weight excluding hydrogens is 324 g/mol. The van der Waals surface area contributed by atoms with Gasteiger partial charge in [-0.25, -0.2) is 0 Å². The van der Waals surface area contributed by atoms with Gasteiger partial charge in [-0.2, -0.15) is 0 Å². The Labute approximate surface area is 155 Å². The molecule has 1 aromatic heterocycles. The highest BCUT2D eigenvalue weighted by Crippen LogP contribution is 2.45. The minimum atomic E-state index is 0.263. The normalized spacial score (nSPS) is 26.3. The molecule has 3 aliphatic rings. The average Bonchev–Trinajstić information content (AvgIpc) is 3.12. The molecule has 4 heteroatoms. The van der Waals surface area contributed by atoms with Gasteiger partial charge in [0, 0.05) is 54.5 Å². The Kier molecular flexibility index (Phi) is 3.89. The second-order valence-corrected chi connectivity index (χ2v) is 7.80. The lowest BCUT2D eigenvalue weighted by atomic mass is 9.96. The highest BCUT2D eigenvalue weighted by Gasteiger charge is 2.40. The number of hydrogen-bond donors (Lipinski definition) is 0. The van der Waals surface area contributed by atoms with E-state index in [-0.39, 0.29) is 6.10 Å². The van der Waals surface area contributed by atoms with E-state index in [9.17, 15) is 0 Å². The van der Waals surface area contributed by atoms with E-state index in [2.05, 4.69) is 48.0 Å². The minimum Gasteiger partial charge on any atom is -0.494 e. The van der Waals surface area contributed by atoms with Gasteiger partial charge in [-0.1, -0.05) is 6.07 Å². The van der Waals surface area contributed by atoms with Crippen LogP contribution in [0.2, 0.25) is 0 Å². The van der Waals surface area contributed by atoms with Crippen molar-refractivity contribution in [3.05, 3.63) is 52.8 Å². The molecule has 0 aliphatic carbocycles. The van der Waals surface area contributed by atoms with Crippen molar-refractivity contribution in [3.63, 3.8) is 0 Å². The fraction of sp³-hybridized carbons (Fsp3) is 0.500. The summed E-state index contributed by atoms with van der Waals surface area (Å²) in [5, 5.41) is 0. The third-order valence-electron chi connectivity index (χ3n) is 6.09. The maximum absolute atomic E-state index is 6.01. The Morgan fingerprint density at radius 1 is 1.27 bits per heavy atom. The Morgan fingerprint density at radius 2 is 2.19 bits per heavy atom. The zero-order valence-corrected chi connectivity index (χ0v) is 15.6. The molecule has 1 saturated heterocycles. The molecule has 26 heavy (non-hydrogen) atoms. The van der Waals surface area contributed by atoms with Crippen LogP contribution >= 0.6 is 0 Å². The Hall–Kier alpha value is -2.07. The first-order valence-corrected chi connectivity index (χ1v) is 9.87. The summed E-state index contributed by atoms with van der Waals surface area (Å²) in [6.45, 7) is 5.81. The highest BCUT2D eigenvalue weighted by molar-refractivity contribution is 5.49. The van der Waals surface area contributed by atoms with Crippen LogP contribution in [0.1, 0.15) is 55.1 Å². The second kappa shape index (κ2) is 6.27. The molecule has 5 rings (SSSR count). The standard InChI is InChI=1S/C22H26N2O2/c1-3-25-21-10-15-9-14(2)26-22(15)11-16(21)13-24-17-6-7-20(24)18-5-4-8-23-19(18)12-17/h4-5,8,10-11,14,17,20H,3,6-7,9,12-13H2,1-2H3/t14-,17+,20-/m1/s1. The van der Waals surface area contributed by atoms with Gasteiger partial charge in [0.15, 0.2) is 0 Å². The smallest absolute Gasteiger partial charge is 0.124 e. The predicted molar refractivity (Wildman–Crippen MR) is 101 cm³/mol. The van der Waals surface area contributed by atoms with Crippen LogP contribution in [0.15, 0.2) is 30.5 Å². The van der Waals surface area contributed by atoms with Crippen molar-refractivity contribution in [3.8, 4) is 11.5 Å². The molecule has 1 fully saturated rings. The van der Waals surface area contributed by atoms with Crippen molar-refractivity contribution in [2.24, 2.45) is 0 Å². The summed E-state index contributed by atoms with van der Waals surface area (Å²) >= 11 is 0. The van der Waals surface area contributed by atoms with Gasteiger partial charge in [-0.15, -0.1) is 0 Å². The predicted octanol–water partition coefficient (Wildman–Crippen LogP) is 4.07. The van der Waals surface area contributed by atoms with Crippen molar-refractivity contribution in [2.75, 3.05) is 6.61 Å². The van der Waals surface area contributed by atoms with E-state index in [1.165, 1.54) is 35.2 Å². The van der Waals surface area contributed by atoms with Gasteiger partial charge in [-0.3, -0.25) is 9.88 Å². The monoisotopic (exact) mass is 350 g/mol. The summed E-state index contributed by atoms with van der Waals surface area (Å²) in [6.07, 6.45) is 6.72. The van der Waals surface area contributed by atoms with Gasteiger partial charge in [0.25, 0.3) is 0 Å². The zero-order valence-electron chi connectivity index (χ0n) is 15.6. The van der Waals surface area contributed by atoms with Crippen LogP contribution in [-0.2, 0) is 19.4 Å². The van der Waals surface area contributed by atoms with E-state index in [0.29, 0.717) is 18.7 Å². The number of nitrogens with zero attached hydrogens (tertiary/aromatic N) is 2. The van der Waals surface area contributed by atoms with E-state index >= 15 is 0 Å². The lowest BCUT2D eigenvalue weighted by molar-refractivity contribution is 0.163. The summed E-state index contributed by atoms with van der Waals surface area (Å²) in [5.41, 5.74) is 5.25. The minimum absolute atomic E-state index is 0.263. The average molecular weight is 350 g/mol. The van der Waals surface area contributed by atoms with Crippen molar-refractivity contribution < 1.29 is 9.47 Å². The maximum atomic E-state index is 6.01. The van der Waals surface area contributed by atoms with Crippen molar-refractivity contribution in [2.45, 2.75) is 64.3 Å². The fourth-order valence-electron chi connectivity index (χ4n) is 4.97. The number of aromatic nitrogens is 1. The summed E-state index contributed by atoms with van der Waals surface area (Å²) in [6, 6.07) is 9.84. The van der Waals surface area contributed by atoms with Crippen molar-refractivity contribution >= 4 is 0 Å². The van der Waals surface area contributed by atoms with Crippen molar-refractivity contribution in [1.82, 2.24) is 9.88 Å². The topological polar surface area (TPSA) is 34.6 Å². The molecule has 4 nitrogen and oxygen atoms in total. The number of pyridine rings is 1. The summed E-state index contributed by atoms with van der Waals surface area (Å²) in [7, 11) is 0. The number of fused-ring (bicyclic) bond motifs is 5. The molecule has 0 radical (unpaired) electrons. The summed E-state index contributed by atoms with van der Waals surface area (Å²) < 4.78 is 12.0. The van der Waals surface area contributed by atoms with Crippen LogP contribution in [0.3, 0.4) is 0 Å². The highest BCUT2D eigenvalue weighted by atomic mass is 16.5. The largest absolute Gasteiger partial charge is 0.494 e. The van der Waals surface area contributed by atoms with Crippen LogP contribution < -0.4 is 9.47 Å². The van der Waals surface area contributed by atoms with Crippen LogP contribution in [0.5, 0.6) is 11.5 Å². The quantitative estimate of drug-likeness (QED) is 0.833. The lowest BCUT2D eigenvalue weighted by Crippen LogP contribution is -2.37. The Balaban J connectivity index is 1.48. The number of hydrogen-bond acceptors (Lipinski definition) is 4. The second-order valence-electron chi connectivity index (χ2n) is 7.80. The fourth-order valence-corrected chi connectivity index (χ4v) is 4.97. The number of ether oxygens (including phenoxy) is 2. The van der Waals surface area contributed by atoms with Gasteiger partial charge in [-0.05, 0) is 50.5 Å². The summed E-state index contributed by atoms with van der Waals surface area (Å²) in [4.78, 5) is 7.29. The molecule has 0 saturated carbocycles. The SMILES string of the molecule is CCOc1cc2c(cc1CN1[C@H]3CC[C@@H]1c1cccnc1C3)O[C@H](C)C2. The van der Waals surface area contributed by atoms with E-state index in [0.717, 1.165) is 30.9 Å². The zero-order chi connectivity index (χ0) is 17.7. The molecule has 0 N–H and O–H groups in total. The third-order valence-corrected chi connectivity index (χ3v) is 6.09. The first-order valence-electron chi connectivity index (χ1n) is 9.87. The molecule has 3 atom stereocenters. The molecule has 2 bridgehead atoms. The van der Waals surface area contributed by atoms with Crippen LogP contribution in [0.4, 0.5) is 0 Å². The molecule has 0 unspecified atom stereocenters. The first kappa shape index (κ1) is 16.1. The molecule has 1 aromatic carbocycles. The maximum Gasteiger partial charge on any atom is 0.124 e. The Morgan fingerprint density at radius 3 is 3.08 bits per heavy atom. The summed E-state index contributed by atoms with van der Waals surface area (Å²) in [5.74, 6) is 2.07. The van der Waals surface area contributed by atoms with Gasteiger partial charge in [0.1, 0.15) is 17.6 Å². The molecule has 0 spiro atoms. The van der Waals surface area contributed by atoms with Crippen molar-refractivity contribution in [1.29, 1.82) is 0 Å². The molecular formula is C22H26N2O2. The van der Waals surface area contributed by atoms with E-state index in [1.54, 1.807) is 0 Å². The number of benzene rings is 1. The third kappa shape index (κ3) is 2.59. The molecule has 4 heterocycles. The van der Waals surface area contributed by atoms with Crippen LogP contribution in [0, 0.1) is 0 Å². The molecule has 2 aromatic rings. The van der Waals surface area contributed by atoms with E-state index in [1.807, 2.05) is 6.20 Å². The van der Waals surface area contributed by atoms with Gasteiger partial charge >= 0.3 is 0 Å². The van der Waals surface area contributed by atoms with Gasteiger partial charge in [0.05, 0.1) is 6.61 Å². The molecule has 136 valence electrons. The first-order chi connectivity index (χ1) is 12.7. The van der Waals surface area contributed by atoms with E-state index < -0.39 is 0 Å². The van der Waals surface area contributed by atoms with Crippen LogP contribution in [0.25, 0.3) is 0 Å². The molecule has 0 amide bonds. The van der Waals surface area contributed by atoms with Gasteiger partial charge < -0.3 is 9.47 Å². The molecule has 3 aliphatic heterocycles. The Bertz CT molecular complexity index is 835. The van der Waals surface area contributed by atoms with E-state index in [4.69, 9.17) is 9.47 Å². The lowest BCUT2D eigenvalue weighted by Gasteiger charge is -2.36. The van der Waals surface area contributed by atoms with Crippen LogP contribution in [-0.4, -0.2) is 28.6 Å².